The van der Waals surface area contributed by atoms with Crippen LogP contribution >= 0.6 is 0 Å². The van der Waals surface area contributed by atoms with Gasteiger partial charge < -0.3 is 65.7 Å². The average molecular weight is 285 g/mol. The first-order valence-electron chi connectivity index (χ1n) is 0. The molecule has 0 fully saturated rings. The standard InChI is InChI=1S/3Na.12H2O/h;;;12*1H2. The van der Waals surface area contributed by atoms with Crippen molar-refractivity contribution in [2.75, 3.05) is 0 Å². The molecule has 0 bridgehead atoms. The van der Waals surface area contributed by atoms with Crippen LogP contribution in [0.5, 0.6) is 0 Å². The minimum atomic E-state index is 0. The van der Waals surface area contributed by atoms with Gasteiger partial charge in [0.25, 0.3) is 0 Å². The molecule has 0 aliphatic carbocycles. The molecule has 15 heavy (non-hydrogen) atoms. The first-order valence-corrected chi connectivity index (χ1v) is 0. The fourth-order valence-electron chi connectivity index (χ4n) is 0. The summed E-state index contributed by atoms with van der Waals surface area (Å²) in [4.78, 5) is 0. The molecule has 15 heteroatoms. The minimum Gasteiger partial charge on any atom is -0.412 e. The maximum Gasteiger partial charge on any atom is 0 e. The molecule has 0 unspecified atom stereocenters. The van der Waals surface area contributed by atoms with E-state index in [2.05, 4.69) is 0 Å². The molecule has 0 aliphatic heterocycles. The van der Waals surface area contributed by atoms with E-state index in [0.29, 0.717) is 0 Å². The van der Waals surface area contributed by atoms with E-state index in [-0.39, 0.29) is 154 Å². The van der Waals surface area contributed by atoms with Crippen LogP contribution in [-0.2, 0) is 0 Å². The van der Waals surface area contributed by atoms with E-state index in [0.717, 1.165) is 0 Å². The van der Waals surface area contributed by atoms with Gasteiger partial charge in [0.1, 0.15) is 0 Å². The van der Waals surface area contributed by atoms with Crippen LogP contribution in [-0.4, -0.2) is 154 Å². The van der Waals surface area contributed by atoms with Crippen LogP contribution in [0, 0.1) is 0 Å². The zero-order valence-electron chi connectivity index (χ0n) is 9.00. The second-order valence-corrected chi connectivity index (χ2v) is 0. The van der Waals surface area contributed by atoms with E-state index >= 15 is 0 Å². The Kier molecular flexibility index (Phi) is 31500. The number of hydrogen-bond acceptors (Lipinski definition) is 0. The number of rotatable bonds is 0. The van der Waals surface area contributed by atoms with Crippen LogP contribution in [0.3, 0.4) is 0 Å². The van der Waals surface area contributed by atoms with Crippen LogP contribution in [0.1, 0.15) is 0 Å². The van der Waals surface area contributed by atoms with Gasteiger partial charge in [0, 0.05) is 88.7 Å². The van der Waals surface area contributed by atoms with Crippen LogP contribution < -0.4 is 0 Å². The van der Waals surface area contributed by atoms with Gasteiger partial charge in [-0.2, -0.15) is 0 Å². The molecule has 0 spiro atoms. The van der Waals surface area contributed by atoms with Crippen LogP contribution in [0.4, 0.5) is 0 Å². The monoisotopic (exact) mass is 285 g/mol. The van der Waals surface area contributed by atoms with Crippen molar-refractivity contribution in [2.45, 2.75) is 0 Å². The third-order valence-corrected chi connectivity index (χ3v) is 0. The van der Waals surface area contributed by atoms with Gasteiger partial charge in [-0.05, 0) is 0 Å². The summed E-state index contributed by atoms with van der Waals surface area (Å²) in [6.07, 6.45) is 0. The van der Waals surface area contributed by atoms with E-state index < -0.39 is 0 Å². The van der Waals surface area contributed by atoms with E-state index in [1.807, 2.05) is 0 Å². The summed E-state index contributed by atoms with van der Waals surface area (Å²) in [6.45, 7) is 0. The van der Waals surface area contributed by atoms with Gasteiger partial charge in [-0.1, -0.05) is 0 Å². The predicted molar refractivity (Wildman–Crippen MR) is 60.6 cm³/mol. The van der Waals surface area contributed by atoms with Crippen molar-refractivity contribution < 1.29 is 65.7 Å². The molecule has 0 rings (SSSR count). The molecular formula is H24Na3O12. The third-order valence-electron chi connectivity index (χ3n) is 0. The predicted octanol–water partition coefficient (Wildman–Crippen LogP) is -11.0. The molecule has 0 aromatic heterocycles. The fraction of sp³-hybridized carbons (Fsp3) is 0. The van der Waals surface area contributed by atoms with Gasteiger partial charge in [0.05, 0.1) is 0 Å². The number of hydrogen-bond donors (Lipinski definition) is 0. The van der Waals surface area contributed by atoms with Crippen LogP contribution in [0.15, 0.2) is 0 Å². The van der Waals surface area contributed by atoms with Crippen LogP contribution in [0.2, 0.25) is 0 Å². The molecule has 0 saturated carbocycles. The maximum atomic E-state index is 0. The summed E-state index contributed by atoms with van der Waals surface area (Å²) in [5.74, 6) is 0. The quantitative estimate of drug-likeness (QED) is 0.373. The normalized spacial score (nSPS) is 0. The molecule has 12 nitrogen and oxygen atoms in total. The van der Waals surface area contributed by atoms with E-state index in [9.17, 15) is 0 Å². The Bertz CT molecular complexity index is 10.8. The molecular weight excluding hydrogens is 261 g/mol. The van der Waals surface area contributed by atoms with E-state index in [4.69, 9.17) is 0 Å². The topological polar surface area (TPSA) is 378 Å². The molecule has 0 aromatic carbocycles. The fourth-order valence-corrected chi connectivity index (χ4v) is 0. The Hall–Kier alpha value is 2.52. The van der Waals surface area contributed by atoms with Crippen LogP contribution in [0.25, 0.3) is 0 Å². The molecule has 99 valence electrons. The second-order valence-electron chi connectivity index (χ2n) is 0. The minimum absolute atomic E-state index is 0. The molecule has 3 radical (unpaired) electrons. The summed E-state index contributed by atoms with van der Waals surface area (Å²) in [6, 6.07) is 0. The first kappa shape index (κ1) is 753. The molecule has 0 aliphatic rings. The second kappa shape index (κ2) is 627. The van der Waals surface area contributed by atoms with Gasteiger partial charge in [-0.15, -0.1) is 0 Å². The van der Waals surface area contributed by atoms with Crippen molar-refractivity contribution in [3.8, 4) is 0 Å². The first-order chi connectivity index (χ1) is 0. The molecule has 0 saturated heterocycles. The Morgan fingerprint density at radius 2 is 0.133 bits per heavy atom. The Morgan fingerprint density at radius 1 is 0.133 bits per heavy atom. The van der Waals surface area contributed by atoms with Gasteiger partial charge in [0.2, 0.25) is 0 Å². The smallest absolute Gasteiger partial charge is 0 e. The van der Waals surface area contributed by atoms with Crippen molar-refractivity contribution in [1.29, 1.82) is 0 Å². The summed E-state index contributed by atoms with van der Waals surface area (Å²) >= 11 is 0. The molecule has 0 heterocycles. The van der Waals surface area contributed by atoms with Crippen molar-refractivity contribution >= 4 is 88.7 Å². The Balaban J connectivity index is 0. The van der Waals surface area contributed by atoms with Gasteiger partial charge in [-0.25, -0.2) is 0 Å². The SMILES string of the molecule is O.O.O.O.O.O.O.O.O.O.O.O.[Na].[Na].[Na]. The van der Waals surface area contributed by atoms with Gasteiger partial charge in [-0.3, -0.25) is 0 Å². The third kappa shape index (κ3) is 548. The molecule has 0 atom stereocenters. The summed E-state index contributed by atoms with van der Waals surface area (Å²) in [5, 5.41) is 0. The van der Waals surface area contributed by atoms with E-state index in [1.165, 1.54) is 0 Å². The van der Waals surface area contributed by atoms with Crippen molar-refractivity contribution in [2.24, 2.45) is 0 Å². The van der Waals surface area contributed by atoms with Gasteiger partial charge in [0.15, 0.2) is 0 Å². The summed E-state index contributed by atoms with van der Waals surface area (Å²) in [5.41, 5.74) is 0. The van der Waals surface area contributed by atoms with Crippen molar-refractivity contribution in [3.63, 3.8) is 0 Å². The molecule has 24 N–H and O–H groups in total. The average Bonchev–Trinajstić information content (AvgIpc) is 0. The zero-order valence-corrected chi connectivity index (χ0v) is 15.0. The zero-order chi connectivity index (χ0) is 0. The largest absolute Gasteiger partial charge is 0.412 e. The molecule has 0 amide bonds. The molecule has 0 aromatic rings. The van der Waals surface area contributed by atoms with Gasteiger partial charge >= 0.3 is 0 Å². The van der Waals surface area contributed by atoms with E-state index in [1.54, 1.807) is 0 Å². The Morgan fingerprint density at radius 3 is 0.133 bits per heavy atom. The van der Waals surface area contributed by atoms with Crippen molar-refractivity contribution in [1.82, 2.24) is 0 Å². The summed E-state index contributed by atoms with van der Waals surface area (Å²) in [7, 11) is 0. The Labute approximate surface area is 152 Å². The maximum absolute atomic E-state index is 0. The van der Waals surface area contributed by atoms with Crippen molar-refractivity contribution in [3.05, 3.63) is 0 Å². The summed E-state index contributed by atoms with van der Waals surface area (Å²) < 4.78 is 0.